The maximum absolute atomic E-state index is 12.7. The van der Waals surface area contributed by atoms with E-state index in [4.69, 9.17) is 0 Å². The molecular formula is C19H23N3O. The summed E-state index contributed by atoms with van der Waals surface area (Å²) in [4.78, 5) is 17.2. The highest BCUT2D eigenvalue weighted by molar-refractivity contribution is 5.89. The second-order valence-electron chi connectivity index (χ2n) is 7.43. The molecule has 0 spiro atoms. The number of aromatic nitrogens is 1. The van der Waals surface area contributed by atoms with Crippen molar-refractivity contribution in [3.63, 3.8) is 0 Å². The summed E-state index contributed by atoms with van der Waals surface area (Å²) < 4.78 is 0. The van der Waals surface area contributed by atoms with E-state index in [-0.39, 0.29) is 11.8 Å². The Hall–Kier alpha value is -1.94. The van der Waals surface area contributed by atoms with Gasteiger partial charge >= 0.3 is 0 Å². The minimum absolute atomic E-state index is 0.191. The van der Waals surface area contributed by atoms with E-state index in [0.29, 0.717) is 11.8 Å². The zero-order valence-corrected chi connectivity index (χ0v) is 13.9. The summed E-state index contributed by atoms with van der Waals surface area (Å²) in [7, 11) is 0. The van der Waals surface area contributed by atoms with Crippen LogP contribution in [0.2, 0.25) is 0 Å². The first-order chi connectivity index (χ1) is 11.0. The highest BCUT2D eigenvalue weighted by Gasteiger charge is 2.57. The van der Waals surface area contributed by atoms with Crippen molar-refractivity contribution < 1.29 is 4.79 Å². The molecule has 2 aliphatic rings. The molecule has 1 saturated heterocycles. The lowest BCUT2D eigenvalue weighted by Crippen LogP contribution is -2.43. The van der Waals surface area contributed by atoms with Crippen LogP contribution in [-0.4, -0.2) is 24.0 Å². The van der Waals surface area contributed by atoms with Gasteiger partial charge in [-0.3, -0.25) is 9.78 Å². The number of aryl methyl sites for hydroxylation is 1. The normalized spacial score (nSPS) is 26.1. The lowest BCUT2D eigenvalue weighted by molar-refractivity contribution is -0.124. The van der Waals surface area contributed by atoms with Crippen LogP contribution in [0.5, 0.6) is 0 Å². The molecule has 23 heavy (non-hydrogen) atoms. The van der Waals surface area contributed by atoms with Crippen LogP contribution in [0, 0.1) is 24.7 Å². The summed E-state index contributed by atoms with van der Waals surface area (Å²) in [5.41, 5.74) is 1.67. The van der Waals surface area contributed by atoms with E-state index in [2.05, 4.69) is 41.6 Å². The van der Waals surface area contributed by atoms with Crippen molar-refractivity contribution in [1.29, 1.82) is 0 Å². The van der Waals surface area contributed by atoms with Gasteiger partial charge in [-0.1, -0.05) is 24.3 Å². The number of benzene rings is 1. The number of amides is 1. The number of piperidine rings is 1. The Morgan fingerprint density at radius 1 is 1.22 bits per heavy atom. The summed E-state index contributed by atoms with van der Waals surface area (Å²) in [5, 5.41) is 8.93. The molecule has 1 aliphatic heterocycles. The zero-order valence-electron chi connectivity index (χ0n) is 13.9. The number of pyridine rings is 1. The molecule has 4 nitrogen and oxygen atoms in total. The molecule has 3 atom stereocenters. The largest absolute Gasteiger partial charge is 0.347 e. The van der Waals surface area contributed by atoms with E-state index in [1.54, 1.807) is 0 Å². The summed E-state index contributed by atoms with van der Waals surface area (Å²) in [5.74, 6) is 1.47. The van der Waals surface area contributed by atoms with Crippen LogP contribution in [-0.2, 0) is 10.3 Å². The van der Waals surface area contributed by atoms with Crippen LogP contribution in [0.3, 0.4) is 0 Å². The Morgan fingerprint density at radius 3 is 2.57 bits per heavy atom. The van der Waals surface area contributed by atoms with Crippen LogP contribution in [0.15, 0.2) is 30.5 Å². The van der Waals surface area contributed by atoms with Gasteiger partial charge in [0.2, 0.25) is 5.91 Å². The first-order valence-electron chi connectivity index (χ1n) is 8.36. The Labute approximate surface area is 136 Å². The van der Waals surface area contributed by atoms with Crippen molar-refractivity contribution in [1.82, 2.24) is 15.6 Å². The highest BCUT2D eigenvalue weighted by atomic mass is 16.2. The van der Waals surface area contributed by atoms with E-state index in [0.717, 1.165) is 29.7 Å². The second-order valence-corrected chi connectivity index (χ2v) is 7.43. The topological polar surface area (TPSA) is 54.0 Å². The fourth-order valence-corrected chi connectivity index (χ4v) is 4.10. The Bertz CT molecular complexity index is 773. The molecule has 2 aromatic rings. The third-order valence-corrected chi connectivity index (χ3v) is 5.50. The van der Waals surface area contributed by atoms with E-state index < -0.39 is 5.54 Å². The van der Waals surface area contributed by atoms with Crippen molar-refractivity contribution >= 4 is 16.7 Å². The summed E-state index contributed by atoms with van der Waals surface area (Å²) >= 11 is 0. The Balaban J connectivity index is 1.64. The van der Waals surface area contributed by atoms with Crippen LogP contribution >= 0.6 is 0 Å². The van der Waals surface area contributed by atoms with Crippen molar-refractivity contribution in [3.05, 3.63) is 41.7 Å². The molecule has 4 heteroatoms. The summed E-state index contributed by atoms with van der Waals surface area (Å²) in [6.07, 6.45) is 1.91. The number of nitrogens with zero attached hydrogens (tertiary/aromatic N) is 1. The molecule has 1 aromatic carbocycles. The minimum atomic E-state index is -0.429. The van der Waals surface area contributed by atoms with Crippen LogP contribution < -0.4 is 10.6 Å². The zero-order chi connectivity index (χ0) is 16.2. The number of carbonyl (C=O) groups is 1. The fourth-order valence-electron chi connectivity index (χ4n) is 4.10. The van der Waals surface area contributed by atoms with E-state index >= 15 is 0 Å². The number of hydrogen-bond acceptors (Lipinski definition) is 3. The quantitative estimate of drug-likeness (QED) is 0.915. The minimum Gasteiger partial charge on any atom is -0.347 e. The summed E-state index contributed by atoms with van der Waals surface area (Å²) in [6, 6.07) is 8.28. The molecule has 4 rings (SSSR count). The van der Waals surface area contributed by atoms with Crippen LogP contribution in [0.4, 0.5) is 0 Å². The van der Waals surface area contributed by atoms with Crippen LogP contribution in [0.25, 0.3) is 10.8 Å². The fraction of sp³-hybridized carbons (Fsp3) is 0.474. The lowest BCUT2D eigenvalue weighted by atomic mass is 9.90. The molecule has 1 aromatic heterocycles. The van der Waals surface area contributed by atoms with Gasteiger partial charge < -0.3 is 10.6 Å². The first-order valence-corrected chi connectivity index (χ1v) is 8.36. The third-order valence-electron chi connectivity index (χ3n) is 5.50. The average molecular weight is 309 g/mol. The predicted molar refractivity (Wildman–Crippen MR) is 91.0 cm³/mol. The molecule has 120 valence electrons. The second kappa shape index (κ2) is 5.03. The SMILES string of the molecule is Cc1ncc(C(C)(C)NC(=O)C2[C@H]3CNC[C@@H]23)c2ccccc12. The molecule has 1 saturated carbocycles. The van der Waals surface area contributed by atoms with Crippen molar-refractivity contribution in [2.24, 2.45) is 17.8 Å². The maximum Gasteiger partial charge on any atom is 0.224 e. The monoisotopic (exact) mass is 309 g/mol. The molecular weight excluding hydrogens is 286 g/mol. The molecule has 2 heterocycles. The predicted octanol–water partition coefficient (Wildman–Crippen LogP) is 2.36. The van der Waals surface area contributed by atoms with Gasteiger partial charge in [-0.05, 0) is 51.1 Å². The van der Waals surface area contributed by atoms with Gasteiger partial charge in [0, 0.05) is 28.8 Å². The summed E-state index contributed by atoms with van der Waals surface area (Å²) in [6.45, 7) is 8.13. The molecule has 2 N–H and O–H groups in total. The Morgan fingerprint density at radius 2 is 1.87 bits per heavy atom. The number of rotatable bonds is 3. The average Bonchev–Trinajstić information content (AvgIpc) is 3.01. The van der Waals surface area contributed by atoms with Crippen molar-refractivity contribution in [2.75, 3.05) is 13.1 Å². The highest BCUT2D eigenvalue weighted by Crippen LogP contribution is 2.49. The molecule has 1 unspecified atom stereocenters. The van der Waals surface area contributed by atoms with E-state index in [9.17, 15) is 4.79 Å². The number of hydrogen-bond donors (Lipinski definition) is 2. The van der Waals surface area contributed by atoms with Gasteiger partial charge in [-0.2, -0.15) is 0 Å². The number of carbonyl (C=O) groups excluding carboxylic acids is 1. The third kappa shape index (κ3) is 2.32. The molecule has 1 amide bonds. The molecule has 0 bridgehead atoms. The van der Waals surface area contributed by atoms with Gasteiger partial charge in [-0.15, -0.1) is 0 Å². The van der Waals surface area contributed by atoms with Gasteiger partial charge in [0.25, 0.3) is 0 Å². The standard InChI is InChI=1S/C19H23N3O/c1-11-12-6-4-5-7-13(12)16(10-21-11)19(2,3)22-18(23)17-14-8-20-9-15(14)17/h4-7,10,14-15,17,20H,8-9H2,1-3H3,(H,22,23)/t14-,15+,17?. The van der Waals surface area contributed by atoms with Gasteiger partial charge in [0.15, 0.2) is 0 Å². The molecule has 2 fully saturated rings. The maximum atomic E-state index is 12.7. The van der Waals surface area contributed by atoms with Crippen LogP contribution in [0.1, 0.15) is 25.1 Å². The van der Waals surface area contributed by atoms with Crippen molar-refractivity contribution in [3.8, 4) is 0 Å². The smallest absolute Gasteiger partial charge is 0.224 e. The first kappa shape index (κ1) is 14.6. The molecule has 1 aliphatic carbocycles. The van der Waals surface area contributed by atoms with Gasteiger partial charge in [-0.25, -0.2) is 0 Å². The number of fused-ring (bicyclic) bond motifs is 2. The van der Waals surface area contributed by atoms with E-state index in [1.807, 2.05) is 25.3 Å². The van der Waals surface area contributed by atoms with Gasteiger partial charge in [0.1, 0.15) is 0 Å². The van der Waals surface area contributed by atoms with Crippen molar-refractivity contribution in [2.45, 2.75) is 26.3 Å². The Kier molecular flexibility index (Phi) is 3.20. The number of nitrogens with one attached hydrogen (secondary N) is 2. The van der Waals surface area contributed by atoms with E-state index in [1.165, 1.54) is 5.39 Å². The lowest BCUT2D eigenvalue weighted by Gasteiger charge is -2.28. The molecule has 0 radical (unpaired) electrons. The van der Waals surface area contributed by atoms with Gasteiger partial charge in [0.05, 0.1) is 5.54 Å².